The van der Waals surface area contributed by atoms with Crippen molar-refractivity contribution in [2.45, 2.75) is 44.3 Å². The molecule has 1 saturated carbocycles. The molecule has 0 aromatic heterocycles. The SMILES string of the molecule is CCC1=C(Nc2ccc(C3(CO)CC3O)cc2)N=CC(c2ccc(OC(F)F)cc2)=CC1. The minimum atomic E-state index is -2.85. The third-order valence-electron chi connectivity index (χ3n) is 6.12. The maximum absolute atomic E-state index is 12.4. The Labute approximate surface area is 185 Å². The molecule has 32 heavy (non-hydrogen) atoms. The second-order valence-electron chi connectivity index (χ2n) is 8.07. The van der Waals surface area contributed by atoms with Gasteiger partial charge in [-0.05, 0) is 65.8 Å². The number of rotatable bonds is 8. The maximum atomic E-state index is 12.4. The Morgan fingerprint density at radius 3 is 2.41 bits per heavy atom. The molecule has 7 heteroatoms. The number of anilines is 1. The zero-order valence-corrected chi connectivity index (χ0v) is 17.8. The van der Waals surface area contributed by atoms with Gasteiger partial charge in [0.25, 0.3) is 0 Å². The van der Waals surface area contributed by atoms with Gasteiger partial charge in [-0.2, -0.15) is 8.78 Å². The summed E-state index contributed by atoms with van der Waals surface area (Å²) in [7, 11) is 0. The highest BCUT2D eigenvalue weighted by molar-refractivity contribution is 6.10. The van der Waals surface area contributed by atoms with Crippen LogP contribution in [0, 0.1) is 0 Å². The van der Waals surface area contributed by atoms with E-state index >= 15 is 0 Å². The number of hydrogen-bond acceptors (Lipinski definition) is 5. The zero-order valence-electron chi connectivity index (χ0n) is 17.8. The molecule has 2 unspecified atom stereocenters. The molecule has 0 bridgehead atoms. The molecule has 1 aliphatic carbocycles. The van der Waals surface area contributed by atoms with Crippen LogP contribution in [0.1, 0.15) is 37.3 Å². The molecule has 2 aromatic carbocycles. The molecule has 0 saturated heterocycles. The molecular weight excluding hydrogens is 414 g/mol. The molecule has 3 N–H and O–H groups in total. The van der Waals surface area contributed by atoms with Crippen LogP contribution < -0.4 is 10.1 Å². The van der Waals surface area contributed by atoms with Crippen molar-refractivity contribution in [1.82, 2.24) is 0 Å². The summed E-state index contributed by atoms with van der Waals surface area (Å²) in [4.78, 5) is 4.66. The van der Waals surface area contributed by atoms with Crippen molar-refractivity contribution < 1.29 is 23.7 Å². The highest BCUT2D eigenvalue weighted by atomic mass is 19.3. The highest BCUT2D eigenvalue weighted by Crippen LogP contribution is 2.48. The standard InChI is InChI=1S/C25H26F2N2O3/c1-2-16-3-4-18(17-5-11-21(12-6-17)32-24(26)27)14-28-23(16)29-20-9-7-19(8-10-20)25(15-30)13-22(25)31/h4-12,14,22,24,29-31H,2-3,13,15H2,1H3. The lowest BCUT2D eigenvalue weighted by Gasteiger charge is -2.15. The number of nitrogens with one attached hydrogen (secondary N) is 1. The fourth-order valence-corrected chi connectivity index (χ4v) is 3.94. The van der Waals surface area contributed by atoms with Gasteiger partial charge in [-0.3, -0.25) is 0 Å². The number of aliphatic hydroxyl groups is 2. The minimum Gasteiger partial charge on any atom is -0.435 e. The molecule has 4 rings (SSSR count). The van der Waals surface area contributed by atoms with Crippen LogP contribution in [0.5, 0.6) is 5.75 Å². The van der Waals surface area contributed by atoms with Crippen molar-refractivity contribution in [3.05, 3.63) is 77.1 Å². The summed E-state index contributed by atoms with van der Waals surface area (Å²) in [6.07, 6.45) is 5.46. The van der Waals surface area contributed by atoms with Gasteiger partial charge in [-0.15, -0.1) is 0 Å². The number of alkyl halides is 2. The van der Waals surface area contributed by atoms with Gasteiger partial charge in [0.2, 0.25) is 0 Å². The fourth-order valence-electron chi connectivity index (χ4n) is 3.94. The first-order valence-electron chi connectivity index (χ1n) is 10.6. The molecule has 1 fully saturated rings. The van der Waals surface area contributed by atoms with Crippen molar-refractivity contribution in [1.29, 1.82) is 0 Å². The van der Waals surface area contributed by atoms with Crippen LogP contribution in [0.15, 0.2) is 71.0 Å². The molecule has 1 aliphatic heterocycles. The largest absolute Gasteiger partial charge is 0.435 e. The zero-order chi connectivity index (χ0) is 22.7. The Balaban J connectivity index is 1.48. The minimum absolute atomic E-state index is 0.0694. The number of aliphatic hydroxyl groups excluding tert-OH is 2. The lowest BCUT2D eigenvalue weighted by molar-refractivity contribution is -0.0498. The van der Waals surface area contributed by atoms with E-state index in [1.807, 2.05) is 24.3 Å². The number of nitrogens with zero attached hydrogens (tertiary/aromatic N) is 1. The van der Waals surface area contributed by atoms with E-state index in [2.05, 4.69) is 28.0 Å². The van der Waals surface area contributed by atoms with Gasteiger partial charge in [0.15, 0.2) is 0 Å². The second-order valence-corrected chi connectivity index (χ2v) is 8.07. The summed E-state index contributed by atoms with van der Waals surface area (Å²) >= 11 is 0. The Morgan fingerprint density at radius 1 is 1.16 bits per heavy atom. The van der Waals surface area contributed by atoms with Gasteiger partial charge in [-0.25, -0.2) is 4.99 Å². The van der Waals surface area contributed by atoms with E-state index in [0.29, 0.717) is 12.8 Å². The Hall–Kier alpha value is -3.03. The van der Waals surface area contributed by atoms with E-state index in [1.54, 1.807) is 18.3 Å². The van der Waals surface area contributed by atoms with E-state index in [9.17, 15) is 19.0 Å². The Morgan fingerprint density at radius 2 is 1.84 bits per heavy atom. The molecule has 2 atom stereocenters. The van der Waals surface area contributed by atoms with Crippen LogP contribution in [-0.2, 0) is 5.41 Å². The number of allylic oxidation sites excluding steroid dienone is 3. The van der Waals surface area contributed by atoms with Gasteiger partial charge >= 0.3 is 6.61 Å². The summed E-state index contributed by atoms with van der Waals surface area (Å²) in [6, 6.07) is 14.2. The van der Waals surface area contributed by atoms with Crippen LogP contribution >= 0.6 is 0 Å². The van der Waals surface area contributed by atoms with Gasteiger partial charge < -0.3 is 20.3 Å². The molecule has 2 aromatic rings. The first-order chi connectivity index (χ1) is 15.4. The lowest BCUT2D eigenvalue weighted by atomic mass is 9.96. The number of halogens is 2. The van der Waals surface area contributed by atoms with Crippen LogP contribution in [0.3, 0.4) is 0 Å². The Bertz CT molecular complexity index is 1040. The van der Waals surface area contributed by atoms with Crippen molar-refractivity contribution in [2.75, 3.05) is 11.9 Å². The number of aliphatic imine (C=N–C) groups is 1. The average molecular weight is 440 g/mol. The molecule has 5 nitrogen and oxygen atoms in total. The van der Waals surface area contributed by atoms with E-state index < -0.39 is 18.1 Å². The normalized spacial score (nSPS) is 22.6. The third kappa shape index (κ3) is 4.59. The van der Waals surface area contributed by atoms with Gasteiger partial charge in [-0.1, -0.05) is 37.3 Å². The molecule has 0 spiro atoms. The van der Waals surface area contributed by atoms with Crippen LogP contribution in [0.25, 0.3) is 5.57 Å². The topological polar surface area (TPSA) is 74.1 Å². The predicted molar refractivity (Wildman–Crippen MR) is 121 cm³/mol. The van der Waals surface area contributed by atoms with Crippen molar-refractivity contribution >= 4 is 17.5 Å². The van der Waals surface area contributed by atoms with Crippen LogP contribution in [-0.4, -0.2) is 35.8 Å². The van der Waals surface area contributed by atoms with E-state index in [-0.39, 0.29) is 12.4 Å². The maximum Gasteiger partial charge on any atom is 0.387 e. The molecule has 0 amide bonds. The third-order valence-corrected chi connectivity index (χ3v) is 6.12. The number of benzene rings is 2. The van der Waals surface area contributed by atoms with Crippen LogP contribution in [0.2, 0.25) is 0 Å². The lowest BCUT2D eigenvalue weighted by Crippen LogP contribution is -2.17. The quantitative estimate of drug-likeness (QED) is 0.547. The summed E-state index contributed by atoms with van der Waals surface area (Å²) in [5, 5.41) is 22.9. The molecule has 168 valence electrons. The van der Waals surface area contributed by atoms with E-state index in [1.165, 1.54) is 12.1 Å². The highest BCUT2D eigenvalue weighted by Gasteiger charge is 2.54. The molecule has 1 heterocycles. The van der Waals surface area contributed by atoms with E-state index in [0.717, 1.165) is 40.2 Å². The van der Waals surface area contributed by atoms with Crippen molar-refractivity contribution in [3.8, 4) is 5.75 Å². The fraction of sp³-hybridized carbons (Fsp3) is 0.320. The summed E-state index contributed by atoms with van der Waals surface area (Å²) in [5.74, 6) is 0.891. The molecule has 2 aliphatic rings. The van der Waals surface area contributed by atoms with Gasteiger partial charge in [0.1, 0.15) is 11.6 Å². The second kappa shape index (κ2) is 9.22. The first kappa shape index (κ1) is 22.2. The predicted octanol–water partition coefficient (Wildman–Crippen LogP) is 4.87. The number of ether oxygens (including phenoxy) is 1. The van der Waals surface area contributed by atoms with Gasteiger partial charge in [0, 0.05) is 17.3 Å². The van der Waals surface area contributed by atoms with Gasteiger partial charge in [0.05, 0.1) is 12.7 Å². The Kier molecular flexibility index (Phi) is 6.39. The van der Waals surface area contributed by atoms with E-state index in [4.69, 9.17) is 0 Å². The first-order valence-corrected chi connectivity index (χ1v) is 10.6. The monoisotopic (exact) mass is 440 g/mol. The summed E-state index contributed by atoms with van der Waals surface area (Å²) in [5.41, 5.74) is 4.18. The number of hydrogen-bond donors (Lipinski definition) is 3. The van der Waals surface area contributed by atoms with Crippen LogP contribution in [0.4, 0.5) is 14.5 Å². The molecular formula is C25H26F2N2O3. The summed E-state index contributed by atoms with van der Waals surface area (Å²) in [6.45, 7) is -0.841. The van der Waals surface area contributed by atoms with Crippen molar-refractivity contribution in [3.63, 3.8) is 0 Å². The van der Waals surface area contributed by atoms with Crippen molar-refractivity contribution in [2.24, 2.45) is 4.99 Å². The summed E-state index contributed by atoms with van der Waals surface area (Å²) < 4.78 is 29.1. The average Bonchev–Trinajstić information content (AvgIpc) is 3.51. The molecule has 0 radical (unpaired) electrons. The smallest absolute Gasteiger partial charge is 0.387 e.